The number of thiophene rings is 1. The maximum Gasteiger partial charge on any atom is 0.325 e. The van der Waals surface area contributed by atoms with Crippen LogP contribution in [-0.2, 0) is 0 Å². The fourth-order valence-corrected chi connectivity index (χ4v) is 3.97. The molecule has 5 rings (SSSR count). The fraction of sp³-hybridized carbons (Fsp3) is 0. The highest BCUT2D eigenvalue weighted by atomic mass is 32.1. The van der Waals surface area contributed by atoms with Crippen molar-refractivity contribution in [3.05, 3.63) is 73.1 Å². The van der Waals surface area contributed by atoms with Crippen molar-refractivity contribution in [3.63, 3.8) is 0 Å². The lowest BCUT2D eigenvalue weighted by Gasteiger charge is -2.06. The molecule has 0 aliphatic rings. The average molecular weight is 371 g/mol. The summed E-state index contributed by atoms with van der Waals surface area (Å²) in [6.45, 7) is 0. The van der Waals surface area contributed by atoms with E-state index in [2.05, 4.69) is 33.2 Å². The molecule has 1 N–H and O–H groups in total. The molecular weight excluding hydrogens is 358 g/mol. The van der Waals surface area contributed by atoms with Crippen molar-refractivity contribution >= 4 is 32.3 Å². The largest absolute Gasteiger partial charge is 0.493 e. The summed E-state index contributed by atoms with van der Waals surface area (Å²) in [5.41, 5.74) is 1.72. The number of ether oxygens (including phenoxy) is 1. The number of aromatic nitrogens is 3. The highest BCUT2D eigenvalue weighted by molar-refractivity contribution is 7.22. The lowest BCUT2D eigenvalue weighted by Crippen LogP contribution is -1.93. The van der Waals surface area contributed by atoms with E-state index in [0.29, 0.717) is 16.7 Å². The van der Waals surface area contributed by atoms with Crippen LogP contribution in [-0.4, -0.2) is 20.1 Å². The van der Waals surface area contributed by atoms with E-state index in [1.54, 1.807) is 29.8 Å². The number of hydrogen-bond acceptors (Lipinski definition) is 6. The molecule has 0 unspecified atom stereocenters. The first kappa shape index (κ1) is 15.7. The molecule has 0 spiro atoms. The van der Waals surface area contributed by atoms with Crippen molar-refractivity contribution < 1.29 is 9.84 Å². The second-order valence-electron chi connectivity index (χ2n) is 6.00. The van der Waals surface area contributed by atoms with Crippen molar-refractivity contribution in [3.8, 4) is 28.1 Å². The van der Waals surface area contributed by atoms with E-state index in [4.69, 9.17) is 4.74 Å². The Morgan fingerprint density at radius 1 is 0.926 bits per heavy atom. The Hall–Kier alpha value is -3.51. The van der Waals surface area contributed by atoms with E-state index in [1.807, 2.05) is 36.4 Å². The molecule has 27 heavy (non-hydrogen) atoms. The summed E-state index contributed by atoms with van der Waals surface area (Å²) in [5.74, 6) is 0.489. The van der Waals surface area contributed by atoms with Gasteiger partial charge in [0, 0.05) is 15.8 Å². The van der Waals surface area contributed by atoms with Crippen LogP contribution in [0.4, 0.5) is 0 Å². The Morgan fingerprint density at radius 2 is 1.81 bits per heavy atom. The van der Waals surface area contributed by atoms with Gasteiger partial charge in [-0.3, -0.25) is 4.98 Å². The quantitative estimate of drug-likeness (QED) is 0.460. The second-order valence-corrected chi connectivity index (χ2v) is 7.08. The predicted molar refractivity (Wildman–Crippen MR) is 106 cm³/mol. The average Bonchev–Trinajstić information content (AvgIpc) is 3.12. The van der Waals surface area contributed by atoms with Crippen molar-refractivity contribution in [2.45, 2.75) is 0 Å². The fourth-order valence-electron chi connectivity index (χ4n) is 2.92. The third-order valence-corrected chi connectivity index (χ3v) is 5.38. The maximum absolute atomic E-state index is 10.1. The van der Waals surface area contributed by atoms with E-state index in [1.165, 1.54) is 15.1 Å². The van der Waals surface area contributed by atoms with Gasteiger partial charge in [0.25, 0.3) is 0 Å². The lowest BCUT2D eigenvalue weighted by atomic mass is 10.1. The van der Waals surface area contributed by atoms with Gasteiger partial charge in [-0.25, -0.2) is 0 Å². The number of aromatic hydroxyl groups is 1. The number of benzene rings is 2. The zero-order chi connectivity index (χ0) is 18.2. The first-order chi connectivity index (χ1) is 13.3. The standard InChI is InChI=1S/C21H13N3O2S/c25-20-16-8-9-22-12-17(16)23-21(24-20)26-15-6-7-18-14(10-15)11-19(27-18)13-4-2-1-3-5-13/h1-12H,(H,23,24,25). The number of pyridine rings is 1. The summed E-state index contributed by atoms with van der Waals surface area (Å²) >= 11 is 1.73. The van der Waals surface area contributed by atoms with Crippen molar-refractivity contribution in [1.29, 1.82) is 0 Å². The second kappa shape index (κ2) is 6.34. The smallest absolute Gasteiger partial charge is 0.325 e. The molecule has 0 amide bonds. The van der Waals surface area contributed by atoms with Gasteiger partial charge >= 0.3 is 6.01 Å². The molecule has 0 aliphatic heterocycles. The lowest BCUT2D eigenvalue weighted by molar-refractivity contribution is 0.412. The normalized spacial score (nSPS) is 11.1. The van der Waals surface area contributed by atoms with Crippen LogP contribution in [0.2, 0.25) is 0 Å². The van der Waals surface area contributed by atoms with Crippen LogP contribution >= 0.6 is 11.3 Å². The van der Waals surface area contributed by atoms with Crippen LogP contribution in [0.3, 0.4) is 0 Å². The van der Waals surface area contributed by atoms with E-state index in [-0.39, 0.29) is 11.9 Å². The number of fused-ring (bicyclic) bond motifs is 2. The van der Waals surface area contributed by atoms with Crippen LogP contribution in [0.5, 0.6) is 17.6 Å². The molecule has 0 saturated carbocycles. The zero-order valence-corrected chi connectivity index (χ0v) is 14.9. The molecule has 2 aromatic carbocycles. The SMILES string of the molecule is Oc1nc(Oc2ccc3sc(-c4ccccc4)cc3c2)nc2cnccc12. The summed E-state index contributed by atoms with van der Waals surface area (Å²) < 4.78 is 6.96. The Morgan fingerprint density at radius 3 is 2.70 bits per heavy atom. The molecule has 3 aromatic heterocycles. The van der Waals surface area contributed by atoms with Gasteiger partial charge in [0.1, 0.15) is 5.75 Å². The van der Waals surface area contributed by atoms with Crippen LogP contribution in [0, 0.1) is 0 Å². The van der Waals surface area contributed by atoms with Crippen LogP contribution in [0.15, 0.2) is 73.1 Å². The van der Waals surface area contributed by atoms with Gasteiger partial charge in [-0.15, -0.1) is 11.3 Å². The van der Waals surface area contributed by atoms with E-state index in [9.17, 15) is 5.11 Å². The Bertz CT molecular complexity index is 1270. The third kappa shape index (κ3) is 2.96. The first-order valence-electron chi connectivity index (χ1n) is 8.34. The Balaban J connectivity index is 1.50. The van der Waals surface area contributed by atoms with Crippen LogP contribution in [0.1, 0.15) is 0 Å². The predicted octanol–water partition coefficient (Wildman–Crippen LogP) is 5.40. The summed E-state index contributed by atoms with van der Waals surface area (Å²) in [6, 6.07) is 20.0. The maximum atomic E-state index is 10.1. The number of nitrogens with zero attached hydrogens (tertiary/aromatic N) is 3. The summed E-state index contributed by atoms with van der Waals surface area (Å²) in [4.78, 5) is 13.6. The highest BCUT2D eigenvalue weighted by Gasteiger charge is 2.10. The molecular formula is C21H13N3O2S. The Kier molecular flexibility index (Phi) is 3.69. The molecule has 0 atom stereocenters. The van der Waals surface area contributed by atoms with Gasteiger partial charge < -0.3 is 9.84 Å². The topological polar surface area (TPSA) is 68.1 Å². The van der Waals surface area contributed by atoms with Crippen molar-refractivity contribution in [2.75, 3.05) is 0 Å². The van der Waals surface area contributed by atoms with E-state index in [0.717, 1.165) is 5.39 Å². The molecule has 0 fully saturated rings. The van der Waals surface area contributed by atoms with Gasteiger partial charge in [-0.1, -0.05) is 30.3 Å². The minimum absolute atomic E-state index is 0.0888. The monoisotopic (exact) mass is 371 g/mol. The molecule has 5 aromatic rings. The highest BCUT2D eigenvalue weighted by Crippen LogP contribution is 2.36. The van der Waals surface area contributed by atoms with Gasteiger partial charge in [-0.2, -0.15) is 9.97 Å². The molecule has 6 heteroatoms. The van der Waals surface area contributed by atoms with Crippen molar-refractivity contribution in [2.24, 2.45) is 0 Å². The zero-order valence-electron chi connectivity index (χ0n) is 14.0. The molecule has 0 bridgehead atoms. The summed E-state index contributed by atoms with van der Waals surface area (Å²) in [5, 5.41) is 11.7. The molecule has 5 nitrogen and oxygen atoms in total. The minimum Gasteiger partial charge on any atom is -0.493 e. The van der Waals surface area contributed by atoms with Gasteiger partial charge in [0.15, 0.2) is 0 Å². The van der Waals surface area contributed by atoms with Gasteiger partial charge in [0.2, 0.25) is 5.88 Å². The van der Waals surface area contributed by atoms with E-state index < -0.39 is 0 Å². The molecule has 3 heterocycles. The van der Waals surface area contributed by atoms with Gasteiger partial charge in [-0.05, 0) is 41.3 Å². The van der Waals surface area contributed by atoms with Crippen LogP contribution < -0.4 is 4.74 Å². The van der Waals surface area contributed by atoms with Crippen molar-refractivity contribution in [1.82, 2.24) is 15.0 Å². The van der Waals surface area contributed by atoms with Gasteiger partial charge in [0.05, 0.1) is 17.1 Å². The molecule has 0 saturated heterocycles. The number of hydrogen-bond donors (Lipinski definition) is 1. The third-order valence-electron chi connectivity index (χ3n) is 4.21. The minimum atomic E-state index is -0.125. The first-order valence-corrected chi connectivity index (χ1v) is 9.15. The molecule has 0 radical (unpaired) electrons. The van der Waals surface area contributed by atoms with Crippen LogP contribution in [0.25, 0.3) is 31.4 Å². The van der Waals surface area contributed by atoms with E-state index >= 15 is 0 Å². The summed E-state index contributed by atoms with van der Waals surface area (Å²) in [6.07, 6.45) is 3.15. The number of rotatable bonds is 3. The molecule has 0 aliphatic carbocycles. The Labute approximate surface area is 158 Å². The summed E-state index contributed by atoms with van der Waals surface area (Å²) in [7, 11) is 0. The molecule has 130 valence electrons.